The van der Waals surface area contributed by atoms with Crippen LogP contribution in [0.25, 0.3) is 0 Å². The number of hydrogen-bond acceptors (Lipinski definition) is 5. The maximum absolute atomic E-state index is 12.0. The Morgan fingerprint density at radius 3 is 3.00 bits per heavy atom. The van der Waals surface area contributed by atoms with Gasteiger partial charge in [-0.15, -0.1) is 6.42 Å². The van der Waals surface area contributed by atoms with E-state index in [1.807, 2.05) is 0 Å². The summed E-state index contributed by atoms with van der Waals surface area (Å²) in [6, 6.07) is 0. The first-order chi connectivity index (χ1) is 10.1. The number of nitrogens with one attached hydrogen (secondary N) is 1. The zero-order chi connectivity index (χ0) is 15.4. The number of H-pyrrole nitrogens is 1. The molecule has 1 aliphatic heterocycles. The molecule has 7 nitrogen and oxygen atoms in total. The lowest BCUT2D eigenvalue weighted by Gasteiger charge is -2.20. The first-order valence-corrected chi connectivity index (χ1v) is 6.58. The second-order valence-corrected chi connectivity index (χ2v) is 4.87. The van der Waals surface area contributed by atoms with E-state index in [9.17, 15) is 9.59 Å². The summed E-state index contributed by atoms with van der Waals surface area (Å²) in [5.41, 5.74) is -0.532. The fourth-order valence-corrected chi connectivity index (χ4v) is 2.33. The van der Waals surface area contributed by atoms with Gasteiger partial charge in [0.15, 0.2) is 6.23 Å². The number of terminal acetylenes is 1. The Labute approximate surface area is 121 Å². The molecule has 0 amide bonds. The van der Waals surface area contributed by atoms with Crippen LogP contribution in [0.5, 0.6) is 0 Å². The highest BCUT2D eigenvalue weighted by molar-refractivity contribution is 5.02. The van der Waals surface area contributed by atoms with Gasteiger partial charge in [-0.05, 0) is 6.92 Å². The number of nitrogens with zero attached hydrogens (tertiary/aromatic N) is 1. The molecule has 2 rings (SSSR count). The molecule has 3 atom stereocenters. The van der Waals surface area contributed by atoms with Crippen molar-refractivity contribution in [1.29, 1.82) is 0 Å². The van der Waals surface area contributed by atoms with Crippen LogP contribution in [0.4, 0.5) is 0 Å². The summed E-state index contributed by atoms with van der Waals surface area (Å²) < 4.78 is 17.7. The smallest absolute Gasteiger partial charge is 0.330 e. The van der Waals surface area contributed by atoms with Gasteiger partial charge >= 0.3 is 5.69 Å². The van der Waals surface area contributed by atoms with Crippen LogP contribution in [-0.4, -0.2) is 42.1 Å². The Balaban J connectivity index is 2.30. The van der Waals surface area contributed by atoms with Crippen LogP contribution >= 0.6 is 0 Å². The van der Waals surface area contributed by atoms with E-state index in [1.165, 1.54) is 10.8 Å². The molecular formula is C14H18N2O5. The normalized spacial score (nSPS) is 24.9. The number of aryl methyl sites for hydroxylation is 1. The van der Waals surface area contributed by atoms with Crippen molar-refractivity contribution in [3.05, 3.63) is 32.6 Å². The van der Waals surface area contributed by atoms with E-state index in [4.69, 9.17) is 20.6 Å². The summed E-state index contributed by atoms with van der Waals surface area (Å²) in [4.78, 5) is 25.7. The fraction of sp³-hybridized carbons (Fsp3) is 0.571. The molecule has 0 bridgehead atoms. The molecule has 0 spiro atoms. The first-order valence-electron chi connectivity index (χ1n) is 6.58. The molecule has 1 saturated heterocycles. The minimum atomic E-state index is -0.637. The van der Waals surface area contributed by atoms with E-state index in [2.05, 4.69) is 10.9 Å². The van der Waals surface area contributed by atoms with Crippen LogP contribution in [0.2, 0.25) is 0 Å². The molecule has 1 aromatic rings. The average molecular weight is 294 g/mol. The highest BCUT2D eigenvalue weighted by Gasteiger charge is 2.37. The number of aromatic amines is 1. The average Bonchev–Trinajstić information content (AvgIpc) is 2.84. The molecule has 1 aliphatic rings. The van der Waals surface area contributed by atoms with Crippen LogP contribution in [0.3, 0.4) is 0 Å². The molecule has 2 heterocycles. The summed E-state index contributed by atoms with van der Waals surface area (Å²) in [5.74, 6) is 2.39. The van der Waals surface area contributed by atoms with E-state index < -0.39 is 17.5 Å². The van der Waals surface area contributed by atoms with Gasteiger partial charge in [-0.2, -0.15) is 0 Å². The topological polar surface area (TPSA) is 82.6 Å². The second-order valence-electron chi connectivity index (χ2n) is 4.87. The van der Waals surface area contributed by atoms with Crippen molar-refractivity contribution in [1.82, 2.24) is 9.55 Å². The van der Waals surface area contributed by atoms with Gasteiger partial charge in [-0.3, -0.25) is 14.3 Å². The molecule has 114 valence electrons. The first kappa shape index (κ1) is 15.5. The number of aromatic nitrogens is 2. The third-order valence-corrected chi connectivity index (χ3v) is 3.30. The molecule has 0 aliphatic carbocycles. The lowest BCUT2D eigenvalue weighted by atomic mass is 10.2. The Hall–Kier alpha value is -1.88. The van der Waals surface area contributed by atoms with E-state index in [1.54, 1.807) is 14.0 Å². The second kappa shape index (κ2) is 6.72. The highest BCUT2D eigenvalue weighted by Crippen LogP contribution is 2.30. The van der Waals surface area contributed by atoms with E-state index >= 15 is 0 Å². The zero-order valence-electron chi connectivity index (χ0n) is 12.0. The predicted molar refractivity (Wildman–Crippen MR) is 75.0 cm³/mol. The summed E-state index contributed by atoms with van der Waals surface area (Å²) in [5, 5.41) is 0. The van der Waals surface area contributed by atoms with Gasteiger partial charge in [0.05, 0.1) is 12.7 Å². The van der Waals surface area contributed by atoms with Crippen LogP contribution < -0.4 is 11.2 Å². The largest absolute Gasteiger partial charge is 0.382 e. The standard InChI is InChI=1S/C14H18N2O5/c1-4-5-20-11-6-10(8-19-3)21-13(11)16-7-9(2)12(17)15-14(16)18/h1,7,10-11,13H,5-6,8H2,2-3H3,(H,15,17,18)/t10-,11?,13+/m0/s1. The van der Waals surface area contributed by atoms with Crippen LogP contribution in [0.1, 0.15) is 18.2 Å². The quantitative estimate of drug-likeness (QED) is 0.760. The van der Waals surface area contributed by atoms with E-state index in [0.29, 0.717) is 18.6 Å². The van der Waals surface area contributed by atoms with Gasteiger partial charge in [0.25, 0.3) is 5.56 Å². The molecule has 1 aromatic heterocycles. The van der Waals surface area contributed by atoms with E-state index in [-0.39, 0.29) is 18.8 Å². The SMILES string of the molecule is C#CCOC1C[C@@H](COC)O[C@H]1n1cc(C)c(=O)[nH]c1=O. The van der Waals surface area contributed by atoms with Crippen LogP contribution in [0, 0.1) is 19.3 Å². The van der Waals surface area contributed by atoms with Crippen molar-refractivity contribution >= 4 is 0 Å². The maximum Gasteiger partial charge on any atom is 0.330 e. The summed E-state index contributed by atoms with van der Waals surface area (Å²) >= 11 is 0. The summed E-state index contributed by atoms with van der Waals surface area (Å²) in [6.07, 6.45) is 6.03. The fourth-order valence-electron chi connectivity index (χ4n) is 2.33. The number of methoxy groups -OCH3 is 1. The number of hydrogen-bond donors (Lipinski definition) is 1. The Bertz CT molecular complexity index is 642. The molecule has 0 saturated carbocycles. The predicted octanol–water partition coefficient (Wildman–Crippen LogP) is -0.203. The third-order valence-electron chi connectivity index (χ3n) is 3.30. The zero-order valence-corrected chi connectivity index (χ0v) is 12.0. The number of ether oxygens (including phenoxy) is 3. The summed E-state index contributed by atoms with van der Waals surface area (Å²) in [6.45, 7) is 2.14. The maximum atomic E-state index is 12.0. The lowest BCUT2D eigenvalue weighted by Crippen LogP contribution is -2.37. The van der Waals surface area contributed by atoms with Gasteiger partial charge in [0.1, 0.15) is 12.7 Å². The monoisotopic (exact) mass is 294 g/mol. The highest BCUT2D eigenvalue weighted by atomic mass is 16.6. The van der Waals surface area contributed by atoms with Crippen molar-refractivity contribution in [2.24, 2.45) is 0 Å². The molecule has 1 N–H and O–H groups in total. The van der Waals surface area contributed by atoms with Crippen molar-refractivity contribution in [3.8, 4) is 12.3 Å². The van der Waals surface area contributed by atoms with Crippen molar-refractivity contribution in [3.63, 3.8) is 0 Å². The molecule has 0 radical (unpaired) electrons. The van der Waals surface area contributed by atoms with Crippen molar-refractivity contribution in [2.75, 3.05) is 20.3 Å². The molecule has 1 unspecified atom stereocenters. The molecule has 7 heteroatoms. The Morgan fingerprint density at radius 1 is 1.57 bits per heavy atom. The molecule has 0 aromatic carbocycles. The lowest BCUT2D eigenvalue weighted by molar-refractivity contribution is -0.0710. The molecular weight excluding hydrogens is 276 g/mol. The summed E-state index contributed by atoms with van der Waals surface area (Å²) in [7, 11) is 1.57. The van der Waals surface area contributed by atoms with Gasteiger partial charge in [0, 0.05) is 25.3 Å². The third kappa shape index (κ3) is 3.42. The molecule has 21 heavy (non-hydrogen) atoms. The molecule has 1 fully saturated rings. The van der Waals surface area contributed by atoms with E-state index in [0.717, 1.165) is 0 Å². The number of rotatable bonds is 5. The van der Waals surface area contributed by atoms with Gasteiger partial charge in [0.2, 0.25) is 0 Å². The van der Waals surface area contributed by atoms with Crippen molar-refractivity contribution in [2.45, 2.75) is 31.8 Å². The Kier molecular flexibility index (Phi) is 4.96. The van der Waals surface area contributed by atoms with Gasteiger partial charge in [-0.1, -0.05) is 5.92 Å². The van der Waals surface area contributed by atoms with Gasteiger partial charge < -0.3 is 14.2 Å². The minimum absolute atomic E-state index is 0.126. The van der Waals surface area contributed by atoms with Crippen molar-refractivity contribution < 1.29 is 14.2 Å². The minimum Gasteiger partial charge on any atom is -0.382 e. The van der Waals surface area contributed by atoms with Gasteiger partial charge in [-0.25, -0.2) is 4.79 Å². The van der Waals surface area contributed by atoms with Crippen LogP contribution in [0.15, 0.2) is 15.8 Å². The van der Waals surface area contributed by atoms with Crippen LogP contribution in [-0.2, 0) is 14.2 Å². The Morgan fingerprint density at radius 2 is 2.33 bits per heavy atom.